The number of hydrogen-bond donors (Lipinski definition) is 2. The van der Waals surface area contributed by atoms with Crippen LogP contribution < -0.4 is 10.6 Å². The highest BCUT2D eigenvalue weighted by atomic mass is 16.6. The highest BCUT2D eigenvalue weighted by Crippen LogP contribution is 2.05. The highest BCUT2D eigenvalue weighted by Gasteiger charge is 2.18. The molecule has 0 radical (unpaired) electrons. The fraction of sp³-hybridized carbons (Fsp3) is 0.529. The summed E-state index contributed by atoms with van der Waals surface area (Å²) in [5.74, 6) is 0.0303. The van der Waals surface area contributed by atoms with E-state index in [4.69, 9.17) is 4.74 Å². The van der Waals surface area contributed by atoms with Gasteiger partial charge in [0, 0.05) is 12.1 Å². The molecule has 2 amide bonds. The Morgan fingerprint density at radius 1 is 1.09 bits per heavy atom. The Balaban J connectivity index is 2.55. The molecule has 0 unspecified atom stereocenters. The number of benzene rings is 1. The molecule has 0 spiro atoms. The van der Waals surface area contributed by atoms with Crippen molar-refractivity contribution < 1.29 is 14.3 Å². The molecule has 0 aliphatic carbocycles. The van der Waals surface area contributed by atoms with Crippen LogP contribution in [-0.4, -0.2) is 30.7 Å². The van der Waals surface area contributed by atoms with Crippen molar-refractivity contribution in [3.63, 3.8) is 0 Å². The van der Waals surface area contributed by atoms with Crippen LogP contribution in [-0.2, 0) is 4.74 Å². The van der Waals surface area contributed by atoms with Gasteiger partial charge >= 0.3 is 6.09 Å². The van der Waals surface area contributed by atoms with E-state index in [2.05, 4.69) is 10.6 Å². The van der Waals surface area contributed by atoms with Gasteiger partial charge in [0.25, 0.3) is 5.91 Å². The van der Waals surface area contributed by atoms with Crippen molar-refractivity contribution in [1.29, 1.82) is 0 Å². The van der Waals surface area contributed by atoms with Crippen molar-refractivity contribution in [2.75, 3.05) is 6.54 Å². The van der Waals surface area contributed by atoms with Gasteiger partial charge in [0.15, 0.2) is 0 Å². The van der Waals surface area contributed by atoms with Crippen LogP contribution >= 0.6 is 0 Å². The summed E-state index contributed by atoms with van der Waals surface area (Å²) < 4.78 is 5.07. The predicted octanol–water partition coefficient (Wildman–Crippen LogP) is 2.88. The second-order valence-electron chi connectivity index (χ2n) is 6.02. The van der Waals surface area contributed by atoms with Crippen molar-refractivity contribution in [3.8, 4) is 0 Å². The molecular weight excluding hydrogens is 280 g/mol. The lowest BCUT2D eigenvalue weighted by Gasteiger charge is -2.23. The second-order valence-corrected chi connectivity index (χ2v) is 6.02. The van der Waals surface area contributed by atoms with E-state index in [9.17, 15) is 9.59 Å². The van der Waals surface area contributed by atoms with E-state index in [1.54, 1.807) is 26.0 Å². The van der Waals surface area contributed by atoms with E-state index in [0.717, 1.165) is 5.56 Å². The van der Waals surface area contributed by atoms with Crippen LogP contribution in [0.3, 0.4) is 0 Å². The lowest BCUT2D eigenvalue weighted by molar-refractivity contribution is 0.0931. The van der Waals surface area contributed by atoms with E-state index < -0.39 is 6.09 Å². The van der Waals surface area contributed by atoms with E-state index in [0.29, 0.717) is 12.1 Å². The first-order chi connectivity index (χ1) is 10.3. The molecule has 2 N–H and O–H groups in total. The maximum atomic E-state index is 12.1. The zero-order chi connectivity index (χ0) is 16.7. The van der Waals surface area contributed by atoms with Crippen LogP contribution in [0.15, 0.2) is 24.3 Å². The summed E-state index contributed by atoms with van der Waals surface area (Å²) >= 11 is 0. The van der Waals surface area contributed by atoms with E-state index >= 15 is 0 Å². The molecule has 0 aliphatic heterocycles. The average molecular weight is 306 g/mol. The number of amides is 2. The minimum Gasteiger partial charge on any atom is -0.447 e. The molecule has 5 nitrogen and oxygen atoms in total. The first kappa shape index (κ1) is 18.0. The van der Waals surface area contributed by atoms with Gasteiger partial charge in [0.2, 0.25) is 0 Å². The maximum Gasteiger partial charge on any atom is 0.407 e. The molecule has 1 aromatic carbocycles. The third-order valence-corrected chi connectivity index (χ3v) is 3.25. The van der Waals surface area contributed by atoms with Gasteiger partial charge in [0.05, 0.1) is 12.1 Å². The standard InChI is InChI=1S/C17H26N2O3/c1-11(2)15(19-17(21)22-12(3)4)10-18-16(20)14-8-6-13(5)7-9-14/h6-9,11-12,15H,10H2,1-5H3,(H,18,20)(H,19,21)/t15-/m1/s1. The molecule has 122 valence electrons. The van der Waals surface area contributed by atoms with Crippen LogP contribution in [0.1, 0.15) is 43.6 Å². The number of nitrogens with one attached hydrogen (secondary N) is 2. The Morgan fingerprint density at radius 2 is 1.68 bits per heavy atom. The zero-order valence-electron chi connectivity index (χ0n) is 14.0. The summed E-state index contributed by atoms with van der Waals surface area (Å²) in [5.41, 5.74) is 1.72. The van der Waals surface area contributed by atoms with Crippen LogP contribution in [0.25, 0.3) is 0 Å². The molecular formula is C17H26N2O3. The molecule has 1 rings (SSSR count). The van der Waals surface area contributed by atoms with Gasteiger partial charge < -0.3 is 15.4 Å². The maximum absolute atomic E-state index is 12.1. The number of aryl methyl sites for hydroxylation is 1. The summed E-state index contributed by atoms with van der Waals surface area (Å²) in [6.45, 7) is 9.89. The Labute approximate surface area is 132 Å². The van der Waals surface area contributed by atoms with Crippen molar-refractivity contribution >= 4 is 12.0 Å². The molecule has 22 heavy (non-hydrogen) atoms. The lowest BCUT2D eigenvalue weighted by Crippen LogP contribution is -2.47. The van der Waals surface area contributed by atoms with Crippen molar-refractivity contribution in [1.82, 2.24) is 10.6 Å². The number of carbonyl (C=O) groups excluding carboxylic acids is 2. The van der Waals surface area contributed by atoms with Crippen LogP contribution in [0.5, 0.6) is 0 Å². The minimum atomic E-state index is -0.460. The van der Waals surface area contributed by atoms with Crippen LogP contribution in [0.4, 0.5) is 4.79 Å². The SMILES string of the molecule is Cc1ccc(C(=O)NC[C@@H](NC(=O)OC(C)C)C(C)C)cc1. The fourth-order valence-electron chi connectivity index (χ4n) is 1.86. The molecule has 0 bridgehead atoms. The Bertz CT molecular complexity index is 495. The number of carbonyl (C=O) groups is 2. The molecule has 0 aromatic heterocycles. The summed E-state index contributed by atoms with van der Waals surface area (Å²) in [7, 11) is 0. The van der Waals surface area contributed by atoms with Crippen LogP contribution in [0.2, 0.25) is 0 Å². The van der Waals surface area contributed by atoms with E-state index in [-0.39, 0.29) is 24.0 Å². The Morgan fingerprint density at radius 3 is 2.18 bits per heavy atom. The first-order valence-corrected chi connectivity index (χ1v) is 7.61. The van der Waals surface area contributed by atoms with Gasteiger partial charge in [-0.25, -0.2) is 4.79 Å². The monoisotopic (exact) mass is 306 g/mol. The topological polar surface area (TPSA) is 67.4 Å². The third-order valence-electron chi connectivity index (χ3n) is 3.25. The quantitative estimate of drug-likeness (QED) is 0.849. The third kappa shape index (κ3) is 6.16. The van der Waals surface area contributed by atoms with Crippen molar-refractivity contribution in [3.05, 3.63) is 35.4 Å². The first-order valence-electron chi connectivity index (χ1n) is 7.61. The summed E-state index contributed by atoms with van der Waals surface area (Å²) in [4.78, 5) is 23.8. The van der Waals surface area contributed by atoms with E-state index in [1.165, 1.54) is 0 Å². The molecule has 1 aromatic rings. The molecule has 5 heteroatoms. The molecule has 1 atom stereocenters. The molecule has 0 aliphatic rings. The van der Waals surface area contributed by atoms with Gasteiger partial charge in [-0.3, -0.25) is 4.79 Å². The summed E-state index contributed by atoms with van der Waals surface area (Å²) in [6.07, 6.45) is -0.631. The summed E-state index contributed by atoms with van der Waals surface area (Å²) in [5, 5.41) is 5.64. The number of hydrogen-bond acceptors (Lipinski definition) is 3. The van der Waals surface area contributed by atoms with Crippen molar-refractivity contribution in [2.45, 2.75) is 46.8 Å². The molecule has 0 saturated carbocycles. The Hall–Kier alpha value is -2.04. The number of alkyl carbamates (subject to hydrolysis) is 1. The number of ether oxygens (including phenoxy) is 1. The molecule has 0 saturated heterocycles. The minimum absolute atomic E-state index is 0.148. The Kier molecular flexibility index (Phi) is 6.89. The van der Waals surface area contributed by atoms with Gasteiger partial charge in [0.1, 0.15) is 0 Å². The lowest BCUT2D eigenvalue weighted by atomic mass is 10.0. The largest absolute Gasteiger partial charge is 0.447 e. The number of rotatable bonds is 6. The second kappa shape index (κ2) is 8.41. The van der Waals surface area contributed by atoms with Gasteiger partial charge in [-0.15, -0.1) is 0 Å². The highest BCUT2D eigenvalue weighted by molar-refractivity contribution is 5.94. The van der Waals surface area contributed by atoms with Gasteiger partial charge in [-0.1, -0.05) is 31.5 Å². The van der Waals surface area contributed by atoms with Gasteiger partial charge in [-0.2, -0.15) is 0 Å². The summed E-state index contributed by atoms with van der Waals surface area (Å²) in [6, 6.07) is 7.19. The average Bonchev–Trinajstić information content (AvgIpc) is 2.42. The fourth-order valence-corrected chi connectivity index (χ4v) is 1.86. The van der Waals surface area contributed by atoms with Crippen molar-refractivity contribution in [2.24, 2.45) is 5.92 Å². The smallest absolute Gasteiger partial charge is 0.407 e. The molecule has 0 heterocycles. The molecule has 0 fully saturated rings. The zero-order valence-corrected chi connectivity index (χ0v) is 14.0. The normalized spacial score (nSPS) is 12.1. The van der Waals surface area contributed by atoms with E-state index in [1.807, 2.05) is 32.9 Å². The van der Waals surface area contributed by atoms with Gasteiger partial charge in [-0.05, 0) is 38.8 Å². The predicted molar refractivity (Wildman–Crippen MR) is 86.9 cm³/mol. The van der Waals surface area contributed by atoms with Crippen LogP contribution in [0, 0.1) is 12.8 Å².